The van der Waals surface area contributed by atoms with E-state index >= 15 is 0 Å². The zero-order chi connectivity index (χ0) is 15.7. The lowest BCUT2D eigenvalue weighted by Gasteiger charge is -2.12. The Kier molecular flexibility index (Phi) is 4.29. The number of amides is 1. The van der Waals surface area contributed by atoms with E-state index in [1.165, 1.54) is 0 Å². The van der Waals surface area contributed by atoms with Crippen LogP contribution in [0.4, 0.5) is 4.79 Å². The molecule has 0 radical (unpaired) electrons. The SMILES string of the molecule is CC(C)NC(=O)n1c(-c2cccc(Cl)c2Cl)c(O)[nH]c1=O. The summed E-state index contributed by atoms with van der Waals surface area (Å²) < 4.78 is 0.785. The van der Waals surface area contributed by atoms with Crippen molar-refractivity contribution < 1.29 is 9.90 Å². The normalized spacial score (nSPS) is 10.9. The molecule has 0 bridgehead atoms. The molecule has 1 aromatic heterocycles. The van der Waals surface area contributed by atoms with Crippen molar-refractivity contribution in [2.24, 2.45) is 0 Å². The van der Waals surface area contributed by atoms with Crippen LogP contribution < -0.4 is 11.0 Å². The maximum absolute atomic E-state index is 12.1. The van der Waals surface area contributed by atoms with E-state index in [9.17, 15) is 14.7 Å². The second-order valence-electron chi connectivity index (χ2n) is 4.67. The van der Waals surface area contributed by atoms with Crippen molar-refractivity contribution in [2.75, 3.05) is 0 Å². The van der Waals surface area contributed by atoms with E-state index in [-0.39, 0.29) is 27.3 Å². The summed E-state index contributed by atoms with van der Waals surface area (Å²) in [5.41, 5.74) is -0.527. The molecule has 0 aliphatic heterocycles. The fourth-order valence-corrected chi connectivity index (χ4v) is 2.25. The molecule has 1 aromatic carbocycles. The molecule has 112 valence electrons. The van der Waals surface area contributed by atoms with Crippen molar-refractivity contribution >= 4 is 29.2 Å². The fourth-order valence-electron chi connectivity index (χ4n) is 1.86. The molecular weight excluding hydrogens is 317 g/mol. The Balaban J connectivity index is 2.67. The minimum atomic E-state index is -0.767. The number of hydrogen-bond acceptors (Lipinski definition) is 3. The van der Waals surface area contributed by atoms with Gasteiger partial charge in [-0.1, -0.05) is 35.3 Å². The van der Waals surface area contributed by atoms with Crippen LogP contribution in [0.2, 0.25) is 10.0 Å². The lowest BCUT2D eigenvalue weighted by atomic mass is 10.1. The highest BCUT2D eigenvalue weighted by molar-refractivity contribution is 6.43. The molecule has 3 N–H and O–H groups in total. The van der Waals surface area contributed by atoms with E-state index in [0.717, 1.165) is 4.57 Å². The number of hydrogen-bond donors (Lipinski definition) is 3. The fraction of sp³-hybridized carbons (Fsp3) is 0.231. The number of imidazole rings is 1. The second kappa shape index (κ2) is 5.83. The highest BCUT2D eigenvalue weighted by atomic mass is 35.5. The van der Waals surface area contributed by atoms with Crippen LogP contribution in [-0.4, -0.2) is 26.7 Å². The Bertz CT molecular complexity index is 750. The standard InChI is InChI=1S/C13H13Cl2N3O3/c1-6(2)16-12(20)18-10(11(19)17-13(18)21)7-4-3-5-8(14)9(7)15/h3-6,19H,1-2H3,(H,16,20)(H,17,21). The largest absolute Gasteiger partial charge is 0.493 e. The zero-order valence-corrected chi connectivity index (χ0v) is 12.8. The number of H-pyrrole nitrogens is 1. The van der Waals surface area contributed by atoms with Crippen LogP contribution in [0.5, 0.6) is 5.88 Å². The van der Waals surface area contributed by atoms with Gasteiger partial charge in [-0.15, -0.1) is 0 Å². The number of aromatic nitrogens is 2. The van der Waals surface area contributed by atoms with E-state index in [1.807, 2.05) is 0 Å². The van der Waals surface area contributed by atoms with Crippen molar-refractivity contribution in [1.29, 1.82) is 0 Å². The first kappa shape index (κ1) is 15.5. The molecule has 0 aliphatic rings. The molecule has 0 fully saturated rings. The second-order valence-corrected chi connectivity index (χ2v) is 5.45. The average Bonchev–Trinajstić information content (AvgIpc) is 2.67. The van der Waals surface area contributed by atoms with Gasteiger partial charge in [-0.2, -0.15) is 0 Å². The van der Waals surface area contributed by atoms with Crippen LogP contribution in [0.1, 0.15) is 13.8 Å². The van der Waals surface area contributed by atoms with Gasteiger partial charge in [-0.3, -0.25) is 4.98 Å². The van der Waals surface area contributed by atoms with Crippen molar-refractivity contribution in [2.45, 2.75) is 19.9 Å². The summed E-state index contributed by atoms with van der Waals surface area (Å²) >= 11 is 12.0. The van der Waals surface area contributed by atoms with Crippen molar-refractivity contribution in [3.05, 3.63) is 38.7 Å². The highest BCUT2D eigenvalue weighted by Gasteiger charge is 2.23. The maximum Gasteiger partial charge on any atom is 0.337 e. The molecule has 0 unspecified atom stereocenters. The summed E-state index contributed by atoms with van der Waals surface area (Å²) in [5, 5.41) is 12.9. The predicted molar refractivity (Wildman–Crippen MR) is 81.2 cm³/mol. The number of nitrogens with one attached hydrogen (secondary N) is 2. The van der Waals surface area contributed by atoms with E-state index in [1.54, 1.807) is 32.0 Å². The summed E-state index contributed by atoms with van der Waals surface area (Å²) in [7, 11) is 0. The monoisotopic (exact) mass is 329 g/mol. The molecule has 0 saturated heterocycles. The number of carbonyl (C=O) groups is 1. The first-order valence-electron chi connectivity index (χ1n) is 6.12. The number of nitrogens with zero attached hydrogens (tertiary/aromatic N) is 1. The molecule has 8 heteroatoms. The van der Waals surface area contributed by atoms with E-state index in [4.69, 9.17) is 23.2 Å². The first-order valence-corrected chi connectivity index (χ1v) is 6.87. The minimum Gasteiger partial charge on any atom is -0.493 e. The van der Waals surface area contributed by atoms with Crippen LogP contribution in [-0.2, 0) is 0 Å². The summed E-state index contributed by atoms with van der Waals surface area (Å²) in [6.45, 7) is 3.50. The van der Waals surface area contributed by atoms with E-state index < -0.39 is 17.6 Å². The van der Waals surface area contributed by atoms with Gasteiger partial charge in [0.15, 0.2) is 0 Å². The van der Waals surface area contributed by atoms with Crippen molar-refractivity contribution in [3.8, 4) is 17.1 Å². The predicted octanol–water partition coefficient (Wildman–Crippen LogP) is 2.82. The number of carbonyl (C=O) groups excluding carboxylic acids is 1. The third kappa shape index (κ3) is 2.91. The molecule has 1 heterocycles. The van der Waals surface area contributed by atoms with Crippen LogP contribution in [0.15, 0.2) is 23.0 Å². The quantitative estimate of drug-likeness (QED) is 0.791. The Labute approximate surface area is 130 Å². The van der Waals surface area contributed by atoms with E-state index in [2.05, 4.69) is 10.3 Å². The Morgan fingerprint density at radius 2 is 2.05 bits per heavy atom. The molecule has 21 heavy (non-hydrogen) atoms. The summed E-state index contributed by atoms with van der Waals surface area (Å²) in [4.78, 5) is 26.2. The number of rotatable bonds is 2. The van der Waals surface area contributed by atoms with Crippen LogP contribution in [0, 0.1) is 0 Å². The lowest BCUT2D eigenvalue weighted by Crippen LogP contribution is -2.39. The van der Waals surface area contributed by atoms with Crippen LogP contribution in [0.25, 0.3) is 11.3 Å². The Morgan fingerprint density at radius 3 is 2.67 bits per heavy atom. The van der Waals surface area contributed by atoms with Crippen molar-refractivity contribution in [3.63, 3.8) is 0 Å². The molecule has 2 rings (SSSR count). The molecule has 0 spiro atoms. The Morgan fingerprint density at radius 1 is 1.38 bits per heavy atom. The number of halogens is 2. The highest BCUT2D eigenvalue weighted by Crippen LogP contribution is 2.36. The van der Waals surface area contributed by atoms with Gasteiger partial charge < -0.3 is 10.4 Å². The van der Waals surface area contributed by atoms with Gasteiger partial charge >= 0.3 is 11.7 Å². The van der Waals surface area contributed by atoms with Crippen LogP contribution in [0.3, 0.4) is 0 Å². The average molecular weight is 330 g/mol. The maximum atomic E-state index is 12.1. The lowest BCUT2D eigenvalue weighted by molar-refractivity contribution is 0.239. The third-order valence-electron chi connectivity index (χ3n) is 2.70. The molecule has 0 aliphatic carbocycles. The van der Waals surface area contributed by atoms with Gasteiger partial charge in [0.05, 0.1) is 10.0 Å². The van der Waals surface area contributed by atoms with Gasteiger partial charge in [0, 0.05) is 11.6 Å². The minimum absolute atomic E-state index is 0.0364. The third-order valence-corrected chi connectivity index (χ3v) is 3.52. The molecular formula is C13H13Cl2N3O3. The number of aromatic amines is 1. The molecule has 1 amide bonds. The van der Waals surface area contributed by atoms with Gasteiger partial charge in [-0.25, -0.2) is 14.2 Å². The van der Waals surface area contributed by atoms with Crippen LogP contribution >= 0.6 is 23.2 Å². The summed E-state index contributed by atoms with van der Waals surface area (Å²) in [6.07, 6.45) is 0. The molecule has 0 atom stereocenters. The summed E-state index contributed by atoms with van der Waals surface area (Å²) in [5.74, 6) is -0.455. The molecule has 0 saturated carbocycles. The van der Waals surface area contributed by atoms with Gasteiger partial charge in [-0.05, 0) is 19.9 Å². The number of benzene rings is 1. The van der Waals surface area contributed by atoms with Gasteiger partial charge in [0.25, 0.3) is 0 Å². The van der Waals surface area contributed by atoms with E-state index in [0.29, 0.717) is 0 Å². The van der Waals surface area contributed by atoms with Gasteiger partial charge in [0.1, 0.15) is 5.69 Å². The Hall–Kier alpha value is -1.92. The summed E-state index contributed by atoms with van der Waals surface area (Å²) in [6, 6.07) is 3.87. The number of aromatic hydroxyl groups is 1. The molecule has 2 aromatic rings. The van der Waals surface area contributed by atoms with Crippen molar-refractivity contribution in [1.82, 2.24) is 14.9 Å². The smallest absolute Gasteiger partial charge is 0.337 e. The van der Waals surface area contributed by atoms with Gasteiger partial charge in [0.2, 0.25) is 5.88 Å². The molecule has 6 nitrogen and oxygen atoms in total. The zero-order valence-electron chi connectivity index (χ0n) is 11.3. The first-order chi connectivity index (χ1) is 9.82. The topological polar surface area (TPSA) is 87.1 Å².